The minimum absolute atomic E-state index is 0.00588. The van der Waals surface area contributed by atoms with Crippen LogP contribution in [0.4, 0.5) is 0 Å². The molecule has 4 rings (SSSR count). The highest BCUT2D eigenvalue weighted by atomic mass is 16.5. The van der Waals surface area contributed by atoms with Gasteiger partial charge in [-0.25, -0.2) is 0 Å². The van der Waals surface area contributed by atoms with Crippen molar-refractivity contribution in [2.45, 2.75) is 13.0 Å². The maximum Gasteiger partial charge on any atom is 0.254 e. The molecule has 3 aromatic rings. The van der Waals surface area contributed by atoms with E-state index < -0.39 is 0 Å². The van der Waals surface area contributed by atoms with Gasteiger partial charge in [-0.3, -0.25) is 9.89 Å². The Bertz CT molecular complexity index is 838. The summed E-state index contributed by atoms with van der Waals surface area (Å²) in [6, 6.07) is 9.22. The number of furan rings is 1. The van der Waals surface area contributed by atoms with E-state index in [0.717, 1.165) is 22.4 Å². The lowest BCUT2D eigenvalue weighted by atomic mass is 10.1. The molecule has 0 spiro atoms. The maximum absolute atomic E-state index is 13.0. The van der Waals surface area contributed by atoms with E-state index in [4.69, 9.17) is 9.15 Å². The van der Waals surface area contributed by atoms with Crippen molar-refractivity contribution in [1.29, 1.82) is 0 Å². The van der Waals surface area contributed by atoms with Crippen LogP contribution in [-0.2, 0) is 4.74 Å². The highest BCUT2D eigenvalue weighted by molar-refractivity contribution is 5.98. The van der Waals surface area contributed by atoms with Crippen LogP contribution in [0.25, 0.3) is 11.0 Å². The molecule has 23 heavy (non-hydrogen) atoms. The van der Waals surface area contributed by atoms with Gasteiger partial charge in [0.1, 0.15) is 11.3 Å². The lowest BCUT2D eigenvalue weighted by molar-refractivity contribution is -0.00390. The molecular weight excluding hydrogens is 294 g/mol. The Kier molecular flexibility index (Phi) is 3.38. The number of aryl methyl sites for hydroxylation is 1. The number of nitrogens with one attached hydrogen (secondary N) is 1. The van der Waals surface area contributed by atoms with Gasteiger partial charge in [0.15, 0.2) is 0 Å². The fourth-order valence-corrected chi connectivity index (χ4v) is 3.03. The largest absolute Gasteiger partial charge is 0.461 e. The van der Waals surface area contributed by atoms with Crippen molar-refractivity contribution in [2.75, 3.05) is 19.8 Å². The SMILES string of the molecule is Cc1cc2cc(C(=O)N3CCOC[C@H]3c3ccn[nH]3)ccc2o1. The highest BCUT2D eigenvalue weighted by Crippen LogP contribution is 2.26. The molecule has 1 aliphatic rings. The van der Waals surface area contributed by atoms with Crippen molar-refractivity contribution in [1.82, 2.24) is 15.1 Å². The van der Waals surface area contributed by atoms with Crippen LogP contribution >= 0.6 is 0 Å². The van der Waals surface area contributed by atoms with Gasteiger partial charge in [0, 0.05) is 23.7 Å². The molecule has 3 heterocycles. The molecule has 6 heteroatoms. The van der Waals surface area contributed by atoms with E-state index in [9.17, 15) is 4.79 Å². The first-order valence-electron chi connectivity index (χ1n) is 7.60. The zero-order valence-corrected chi connectivity index (χ0v) is 12.8. The van der Waals surface area contributed by atoms with Gasteiger partial charge in [-0.15, -0.1) is 0 Å². The molecule has 1 aromatic carbocycles. The van der Waals surface area contributed by atoms with Gasteiger partial charge in [0.05, 0.1) is 24.9 Å². The van der Waals surface area contributed by atoms with Gasteiger partial charge < -0.3 is 14.1 Å². The first-order chi connectivity index (χ1) is 11.2. The second-order valence-corrected chi connectivity index (χ2v) is 5.71. The number of aromatic amines is 1. The minimum Gasteiger partial charge on any atom is -0.461 e. The molecule has 2 aromatic heterocycles. The molecular formula is C17H17N3O3. The van der Waals surface area contributed by atoms with Crippen LogP contribution in [0.1, 0.15) is 27.9 Å². The summed E-state index contributed by atoms with van der Waals surface area (Å²) < 4.78 is 11.1. The second-order valence-electron chi connectivity index (χ2n) is 5.71. The third-order valence-electron chi connectivity index (χ3n) is 4.16. The summed E-state index contributed by atoms with van der Waals surface area (Å²) in [4.78, 5) is 14.8. The Balaban J connectivity index is 1.67. The van der Waals surface area contributed by atoms with Crippen LogP contribution in [0.2, 0.25) is 0 Å². The molecule has 0 aliphatic carbocycles. The molecule has 1 amide bonds. The summed E-state index contributed by atoms with van der Waals surface area (Å²) in [5.74, 6) is 0.833. The van der Waals surface area contributed by atoms with Crippen LogP contribution in [0.5, 0.6) is 0 Å². The summed E-state index contributed by atoms with van der Waals surface area (Å²) in [6.45, 7) is 3.48. The predicted molar refractivity (Wildman–Crippen MR) is 84.1 cm³/mol. The Morgan fingerprint density at radius 2 is 2.26 bits per heavy atom. The minimum atomic E-state index is -0.138. The van der Waals surface area contributed by atoms with Gasteiger partial charge in [-0.2, -0.15) is 5.10 Å². The predicted octanol–water partition coefficient (Wildman–Crippen LogP) is 2.68. The molecule has 1 saturated heterocycles. The third-order valence-corrected chi connectivity index (χ3v) is 4.16. The first kappa shape index (κ1) is 14.0. The van der Waals surface area contributed by atoms with Crippen molar-refractivity contribution < 1.29 is 13.9 Å². The van der Waals surface area contributed by atoms with Gasteiger partial charge in [0.25, 0.3) is 5.91 Å². The summed E-state index contributed by atoms with van der Waals surface area (Å²) >= 11 is 0. The normalized spacial score (nSPS) is 18.5. The molecule has 0 bridgehead atoms. The smallest absolute Gasteiger partial charge is 0.254 e. The van der Waals surface area contributed by atoms with Crippen molar-refractivity contribution >= 4 is 16.9 Å². The number of rotatable bonds is 2. The van der Waals surface area contributed by atoms with Crippen molar-refractivity contribution in [2.24, 2.45) is 0 Å². The molecule has 0 saturated carbocycles. The van der Waals surface area contributed by atoms with E-state index in [1.807, 2.05) is 42.2 Å². The van der Waals surface area contributed by atoms with Gasteiger partial charge in [0.2, 0.25) is 0 Å². The van der Waals surface area contributed by atoms with Crippen LogP contribution in [-0.4, -0.2) is 40.8 Å². The Morgan fingerprint density at radius 3 is 3.09 bits per heavy atom. The number of carbonyl (C=O) groups is 1. The number of morpholine rings is 1. The number of aromatic nitrogens is 2. The monoisotopic (exact) mass is 311 g/mol. The van der Waals surface area contributed by atoms with E-state index in [2.05, 4.69) is 10.2 Å². The number of hydrogen-bond donors (Lipinski definition) is 1. The molecule has 1 atom stereocenters. The zero-order valence-electron chi connectivity index (χ0n) is 12.8. The van der Waals surface area contributed by atoms with Crippen molar-refractivity contribution in [3.63, 3.8) is 0 Å². The molecule has 1 fully saturated rings. The summed E-state index contributed by atoms with van der Waals surface area (Å²) in [7, 11) is 0. The van der Waals surface area contributed by atoms with Crippen LogP contribution in [0.3, 0.4) is 0 Å². The van der Waals surface area contributed by atoms with Crippen LogP contribution in [0, 0.1) is 6.92 Å². The number of nitrogens with zero attached hydrogens (tertiary/aromatic N) is 2. The van der Waals surface area contributed by atoms with E-state index in [1.54, 1.807) is 6.20 Å². The molecule has 6 nitrogen and oxygen atoms in total. The Labute approximate surface area is 133 Å². The Morgan fingerprint density at radius 1 is 1.35 bits per heavy atom. The second kappa shape index (κ2) is 5.55. The lowest BCUT2D eigenvalue weighted by Gasteiger charge is -2.35. The highest BCUT2D eigenvalue weighted by Gasteiger charge is 2.30. The number of ether oxygens (including phenoxy) is 1. The Hall–Kier alpha value is -2.60. The maximum atomic E-state index is 13.0. The number of amides is 1. The van der Waals surface area contributed by atoms with Gasteiger partial charge >= 0.3 is 0 Å². The summed E-state index contributed by atoms with van der Waals surface area (Å²) in [6.07, 6.45) is 1.69. The zero-order chi connectivity index (χ0) is 15.8. The van der Waals surface area contributed by atoms with Crippen LogP contribution < -0.4 is 0 Å². The van der Waals surface area contributed by atoms with E-state index >= 15 is 0 Å². The van der Waals surface area contributed by atoms with Gasteiger partial charge in [-0.1, -0.05) is 0 Å². The van der Waals surface area contributed by atoms with Crippen molar-refractivity contribution in [3.8, 4) is 0 Å². The standard InChI is InChI=1S/C17H17N3O3/c1-11-8-13-9-12(2-3-16(13)23-11)17(21)20-6-7-22-10-15(20)14-4-5-18-19-14/h2-5,8-9,15H,6-7,10H2,1H3,(H,18,19)/t15-/m0/s1. The van der Waals surface area contributed by atoms with E-state index in [0.29, 0.717) is 25.3 Å². The fourth-order valence-electron chi connectivity index (χ4n) is 3.03. The third kappa shape index (κ3) is 2.51. The molecule has 0 unspecified atom stereocenters. The fraction of sp³-hybridized carbons (Fsp3) is 0.294. The first-order valence-corrected chi connectivity index (χ1v) is 7.60. The van der Waals surface area contributed by atoms with Gasteiger partial charge in [-0.05, 0) is 37.3 Å². The number of hydrogen-bond acceptors (Lipinski definition) is 4. The number of fused-ring (bicyclic) bond motifs is 1. The molecule has 1 aliphatic heterocycles. The number of benzene rings is 1. The lowest BCUT2D eigenvalue weighted by Crippen LogP contribution is -2.43. The van der Waals surface area contributed by atoms with E-state index in [-0.39, 0.29) is 11.9 Å². The summed E-state index contributed by atoms with van der Waals surface area (Å²) in [5.41, 5.74) is 2.34. The number of carbonyl (C=O) groups excluding carboxylic acids is 1. The average Bonchev–Trinajstić information content (AvgIpc) is 3.21. The molecule has 118 valence electrons. The topological polar surface area (TPSA) is 71.4 Å². The number of H-pyrrole nitrogens is 1. The molecule has 1 N–H and O–H groups in total. The van der Waals surface area contributed by atoms with Crippen LogP contribution in [0.15, 0.2) is 40.9 Å². The quantitative estimate of drug-likeness (QED) is 0.790. The van der Waals surface area contributed by atoms with Crippen molar-refractivity contribution in [3.05, 3.63) is 53.5 Å². The summed E-state index contributed by atoms with van der Waals surface area (Å²) in [5, 5.41) is 7.86. The molecule has 0 radical (unpaired) electrons. The average molecular weight is 311 g/mol. The van der Waals surface area contributed by atoms with E-state index in [1.165, 1.54) is 0 Å².